The van der Waals surface area contributed by atoms with Gasteiger partial charge in [-0.25, -0.2) is 0 Å². The van der Waals surface area contributed by atoms with Crippen LogP contribution in [0.1, 0.15) is 18.9 Å². The summed E-state index contributed by atoms with van der Waals surface area (Å²) in [6.07, 6.45) is 3.99. The van der Waals surface area contributed by atoms with Crippen LogP contribution in [0, 0.1) is 0 Å². The fourth-order valence-electron chi connectivity index (χ4n) is 1.59. The maximum absolute atomic E-state index is 11.0. The Morgan fingerprint density at radius 1 is 1.17 bits per heavy atom. The first-order chi connectivity index (χ1) is 8.79. The number of nitrogens with zero attached hydrogens (tertiary/aromatic N) is 1. The predicted molar refractivity (Wildman–Crippen MR) is 69.8 cm³/mol. The SMILES string of the molecule is CCC(=O)OCc1ccc(-c2cccnc2)cc1. The third-order valence-corrected chi connectivity index (χ3v) is 2.64. The fourth-order valence-corrected chi connectivity index (χ4v) is 1.59. The largest absolute Gasteiger partial charge is 0.461 e. The van der Waals surface area contributed by atoms with Gasteiger partial charge in [-0.15, -0.1) is 0 Å². The summed E-state index contributed by atoms with van der Waals surface area (Å²) in [6, 6.07) is 11.9. The van der Waals surface area contributed by atoms with E-state index in [1.165, 1.54) is 0 Å². The first-order valence-electron chi connectivity index (χ1n) is 5.94. The summed E-state index contributed by atoms with van der Waals surface area (Å²) >= 11 is 0. The minimum atomic E-state index is -0.175. The first-order valence-corrected chi connectivity index (χ1v) is 5.94. The van der Waals surface area contributed by atoms with Gasteiger partial charge >= 0.3 is 5.97 Å². The highest BCUT2D eigenvalue weighted by Crippen LogP contribution is 2.18. The van der Waals surface area contributed by atoms with Gasteiger partial charge in [-0.3, -0.25) is 9.78 Å². The molecular formula is C15H15NO2. The Labute approximate surface area is 106 Å². The second-order valence-corrected chi connectivity index (χ2v) is 3.95. The Hall–Kier alpha value is -2.16. The third-order valence-electron chi connectivity index (χ3n) is 2.64. The van der Waals surface area contributed by atoms with Crippen LogP contribution < -0.4 is 0 Å². The van der Waals surface area contributed by atoms with Crippen LogP contribution in [0.2, 0.25) is 0 Å². The number of hydrogen-bond donors (Lipinski definition) is 0. The maximum Gasteiger partial charge on any atom is 0.305 e. The highest BCUT2D eigenvalue weighted by atomic mass is 16.5. The van der Waals surface area contributed by atoms with E-state index >= 15 is 0 Å². The van der Waals surface area contributed by atoms with Crippen molar-refractivity contribution in [3.8, 4) is 11.1 Å². The van der Waals surface area contributed by atoms with Crippen LogP contribution in [0.4, 0.5) is 0 Å². The predicted octanol–water partition coefficient (Wildman–Crippen LogP) is 3.20. The summed E-state index contributed by atoms with van der Waals surface area (Å²) in [5.41, 5.74) is 3.17. The minimum absolute atomic E-state index is 0.175. The van der Waals surface area contributed by atoms with Crippen molar-refractivity contribution in [1.82, 2.24) is 4.98 Å². The van der Waals surface area contributed by atoms with E-state index in [1.807, 2.05) is 42.6 Å². The average Bonchev–Trinajstić information content (AvgIpc) is 2.46. The molecule has 92 valence electrons. The van der Waals surface area contributed by atoms with Gasteiger partial charge in [-0.2, -0.15) is 0 Å². The van der Waals surface area contributed by atoms with Gasteiger partial charge < -0.3 is 4.74 Å². The monoisotopic (exact) mass is 241 g/mol. The molecule has 0 saturated carbocycles. The van der Waals surface area contributed by atoms with Crippen molar-refractivity contribution < 1.29 is 9.53 Å². The van der Waals surface area contributed by atoms with Gasteiger partial charge in [0.15, 0.2) is 0 Å². The Balaban J connectivity index is 2.04. The van der Waals surface area contributed by atoms with Gasteiger partial charge in [0.25, 0.3) is 0 Å². The molecule has 0 spiro atoms. The summed E-state index contributed by atoms with van der Waals surface area (Å²) in [7, 11) is 0. The van der Waals surface area contributed by atoms with Crippen LogP contribution >= 0.6 is 0 Å². The summed E-state index contributed by atoms with van der Waals surface area (Å²) in [4.78, 5) is 15.1. The molecule has 0 aliphatic heterocycles. The highest BCUT2D eigenvalue weighted by molar-refractivity contribution is 5.69. The zero-order chi connectivity index (χ0) is 12.8. The lowest BCUT2D eigenvalue weighted by Gasteiger charge is -2.05. The molecule has 18 heavy (non-hydrogen) atoms. The standard InChI is InChI=1S/C15H15NO2/c1-2-15(17)18-11-12-5-7-13(8-6-12)14-4-3-9-16-10-14/h3-10H,2,11H2,1H3. The van der Waals surface area contributed by atoms with E-state index < -0.39 is 0 Å². The van der Waals surface area contributed by atoms with E-state index in [9.17, 15) is 4.79 Å². The number of hydrogen-bond acceptors (Lipinski definition) is 3. The van der Waals surface area contributed by atoms with Crippen molar-refractivity contribution in [2.24, 2.45) is 0 Å². The molecule has 3 heteroatoms. The molecule has 3 nitrogen and oxygen atoms in total. The number of benzene rings is 1. The number of rotatable bonds is 4. The van der Waals surface area contributed by atoms with Gasteiger partial charge in [0.2, 0.25) is 0 Å². The van der Waals surface area contributed by atoms with Crippen LogP contribution in [0.5, 0.6) is 0 Å². The zero-order valence-electron chi connectivity index (χ0n) is 10.3. The molecular weight excluding hydrogens is 226 g/mol. The lowest BCUT2D eigenvalue weighted by atomic mass is 10.1. The second-order valence-electron chi connectivity index (χ2n) is 3.95. The number of esters is 1. The van der Waals surface area contributed by atoms with Crippen LogP contribution in [0.3, 0.4) is 0 Å². The van der Waals surface area contributed by atoms with Crippen molar-refractivity contribution in [3.63, 3.8) is 0 Å². The highest BCUT2D eigenvalue weighted by Gasteiger charge is 2.01. The molecule has 2 rings (SSSR count). The van der Waals surface area contributed by atoms with E-state index in [0.29, 0.717) is 13.0 Å². The molecule has 0 atom stereocenters. The van der Waals surface area contributed by atoms with Gasteiger partial charge in [0, 0.05) is 18.8 Å². The van der Waals surface area contributed by atoms with Gasteiger partial charge in [-0.1, -0.05) is 37.3 Å². The van der Waals surface area contributed by atoms with Crippen molar-refractivity contribution in [2.45, 2.75) is 20.0 Å². The van der Waals surface area contributed by atoms with E-state index in [4.69, 9.17) is 4.74 Å². The van der Waals surface area contributed by atoms with E-state index in [-0.39, 0.29) is 5.97 Å². The van der Waals surface area contributed by atoms with Crippen LogP contribution in [-0.4, -0.2) is 11.0 Å². The quantitative estimate of drug-likeness (QED) is 0.771. The van der Waals surface area contributed by atoms with Crippen molar-refractivity contribution in [1.29, 1.82) is 0 Å². The van der Waals surface area contributed by atoms with E-state index in [0.717, 1.165) is 16.7 Å². The number of ether oxygens (including phenoxy) is 1. The number of carbonyl (C=O) groups is 1. The molecule has 0 aliphatic rings. The zero-order valence-corrected chi connectivity index (χ0v) is 10.3. The Morgan fingerprint density at radius 2 is 1.94 bits per heavy atom. The lowest BCUT2D eigenvalue weighted by Crippen LogP contribution is -2.02. The Kier molecular flexibility index (Phi) is 4.07. The number of aromatic nitrogens is 1. The summed E-state index contributed by atoms with van der Waals surface area (Å²) in [5, 5.41) is 0. The Morgan fingerprint density at radius 3 is 2.56 bits per heavy atom. The molecule has 0 aliphatic carbocycles. The molecule has 1 aromatic carbocycles. The van der Waals surface area contributed by atoms with Crippen LogP contribution in [0.15, 0.2) is 48.8 Å². The molecule has 2 aromatic rings. The normalized spacial score (nSPS) is 10.1. The average molecular weight is 241 g/mol. The molecule has 0 bridgehead atoms. The van der Waals surface area contributed by atoms with E-state index in [1.54, 1.807) is 13.1 Å². The van der Waals surface area contributed by atoms with Crippen LogP contribution in [-0.2, 0) is 16.1 Å². The van der Waals surface area contributed by atoms with Crippen molar-refractivity contribution in [2.75, 3.05) is 0 Å². The molecule has 0 radical (unpaired) electrons. The van der Waals surface area contributed by atoms with Crippen molar-refractivity contribution in [3.05, 3.63) is 54.4 Å². The summed E-state index contributed by atoms with van der Waals surface area (Å²) in [5.74, 6) is -0.175. The number of pyridine rings is 1. The maximum atomic E-state index is 11.0. The molecule has 0 amide bonds. The molecule has 0 fully saturated rings. The second kappa shape index (κ2) is 5.96. The molecule has 1 aromatic heterocycles. The first kappa shape index (κ1) is 12.3. The molecule has 1 heterocycles. The Bertz CT molecular complexity index is 506. The molecule has 0 saturated heterocycles. The van der Waals surface area contributed by atoms with Gasteiger partial charge in [0.05, 0.1) is 0 Å². The van der Waals surface area contributed by atoms with Crippen LogP contribution in [0.25, 0.3) is 11.1 Å². The van der Waals surface area contributed by atoms with Gasteiger partial charge in [-0.05, 0) is 22.8 Å². The minimum Gasteiger partial charge on any atom is -0.461 e. The van der Waals surface area contributed by atoms with E-state index in [2.05, 4.69) is 4.98 Å². The number of carbonyl (C=O) groups excluding carboxylic acids is 1. The van der Waals surface area contributed by atoms with Gasteiger partial charge in [0.1, 0.15) is 6.61 Å². The van der Waals surface area contributed by atoms with Crippen molar-refractivity contribution >= 4 is 5.97 Å². The topological polar surface area (TPSA) is 39.2 Å². The fraction of sp³-hybridized carbons (Fsp3) is 0.200. The molecule has 0 N–H and O–H groups in total. The lowest BCUT2D eigenvalue weighted by molar-refractivity contribution is -0.144. The summed E-state index contributed by atoms with van der Waals surface area (Å²) in [6.45, 7) is 2.12. The smallest absolute Gasteiger partial charge is 0.305 e. The summed E-state index contributed by atoms with van der Waals surface area (Å²) < 4.78 is 5.07. The third kappa shape index (κ3) is 3.17. The molecule has 0 unspecified atom stereocenters.